The highest BCUT2D eigenvalue weighted by molar-refractivity contribution is 8.18. The summed E-state index contributed by atoms with van der Waals surface area (Å²) < 4.78 is 30.4. The molecule has 0 radical (unpaired) electrons. The topological polar surface area (TPSA) is 80.8 Å². The zero-order valence-corrected chi connectivity index (χ0v) is 20.8. The molecule has 1 aliphatic heterocycles. The van der Waals surface area contributed by atoms with Gasteiger partial charge >= 0.3 is 10.1 Å². The first-order valence-electron chi connectivity index (χ1n) is 9.93. The Balaban J connectivity index is 1.53. The summed E-state index contributed by atoms with van der Waals surface area (Å²) in [5.41, 5.74) is 2.02. The first-order chi connectivity index (χ1) is 16.1. The monoisotopic (exact) mass is 533 g/mol. The van der Waals surface area contributed by atoms with Crippen LogP contribution in [0.4, 0.5) is 4.79 Å². The molecule has 2 amide bonds. The summed E-state index contributed by atoms with van der Waals surface area (Å²) in [4.78, 5) is 26.6. The molecular formula is C24H17Cl2NO5S2. The normalized spacial score (nSPS) is 15.3. The van der Waals surface area contributed by atoms with Crippen LogP contribution >= 0.6 is 35.0 Å². The van der Waals surface area contributed by atoms with Gasteiger partial charge in [0.1, 0.15) is 10.6 Å². The summed E-state index contributed by atoms with van der Waals surface area (Å²) in [5.74, 6) is -0.388. The summed E-state index contributed by atoms with van der Waals surface area (Å²) in [5, 5.41) is 0.376. The van der Waals surface area contributed by atoms with Crippen LogP contribution in [0.5, 0.6) is 5.75 Å². The maximum absolute atomic E-state index is 12.8. The Morgan fingerprint density at radius 3 is 2.44 bits per heavy atom. The maximum Gasteiger partial charge on any atom is 0.339 e. The van der Waals surface area contributed by atoms with Crippen LogP contribution in [0.1, 0.15) is 16.7 Å². The zero-order valence-electron chi connectivity index (χ0n) is 17.7. The van der Waals surface area contributed by atoms with Crippen LogP contribution < -0.4 is 4.18 Å². The summed E-state index contributed by atoms with van der Waals surface area (Å²) >= 11 is 12.9. The van der Waals surface area contributed by atoms with Crippen molar-refractivity contribution in [3.63, 3.8) is 0 Å². The minimum atomic E-state index is -4.02. The predicted octanol–water partition coefficient (Wildman–Crippen LogP) is 6.31. The summed E-state index contributed by atoms with van der Waals surface area (Å²) in [6, 6.07) is 17.4. The molecular weight excluding hydrogens is 517 g/mol. The van der Waals surface area contributed by atoms with Gasteiger partial charge in [0.05, 0.1) is 11.4 Å². The van der Waals surface area contributed by atoms with Crippen molar-refractivity contribution in [3.05, 3.63) is 98.4 Å². The Kier molecular flexibility index (Phi) is 7.04. The maximum atomic E-state index is 12.8. The third-order valence-electron chi connectivity index (χ3n) is 4.89. The fraction of sp³-hybridized carbons (Fsp3) is 0.0833. The van der Waals surface area contributed by atoms with Crippen molar-refractivity contribution in [2.75, 3.05) is 0 Å². The first-order valence-corrected chi connectivity index (χ1v) is 12.9. The Labute approximate surface area is 211 Å². The van der Waals surface area contributed by atoms with Gasteiger partial charge in [-0.3, -0.25) is 14.5 Å². The van der Waals surface area contributed by atoms with Crippen molar-refractivity contribution in [1.29, 1.82) is 0 Å². The van der Waals surface area contributed by atoms with Gasteiger partial charge in [-0.25, -0.2) is 0 Å². The Bertz CT molecular complexity index is 1420. The van der Waals surface area contributed by atoms with Crippen molar-refractivity contribution in [2.45, 2.75) is 18.4 Å². The van der Waals surface area contributed by atoms with E-state index in [1.807, 2.05) is 6.92 Å². The van der Waals surface area contributed by atoms with Crippen molar-refractivity contribution >= 4 is 62.3 Å². The Hall–Kier alpha value is -2.78. The van der Waals surface area contributed by atoms with Crippen LogP contribution in [-0.2, 0) is 21.5 Å². The van der Waals surface area contributed by atoms with Crippen molar-refractivity contribution in [1.82, 2.24) is 4.90 Å². The average Bonchev–Trinajstić information content (AvgIpc) is 3.03. The number of aryl methyl sites for hydroxylation is 1. The number of hydrogen-bond donors (Lipinski definition) is 0. The zero-order chi connectivity index (χ0) is 24.5. The first kappa shape index (κ1) is 24.3. The van der Waals surface area contributed by atoms with E-state index in [2.05, 4.69) is 0 Å². The molecule has 0 aromatic heterocycles. The SMILES string of the molecule is Cc1ccc(S(=O)(=O)Oc2cccc(/C=C3\SC(=O)N(Cc4ccc(Cl)cc4Cl)C3=O)c2)cc1. The summed E-state index contributed by atoms with van der Waals surface area (Å²) in [7, 11) is -4.02. The van der Waals surface area contributed by atoms with Gasteiger partial charge in [0.2, 0.25) is 0 Å². The number of amides is 2. The predicted molar refractivity (Wildman–Crippen MR) is 133 cm³/mol. The fourth-order valence-corrected chi connectivity index (χ4v) is 5.37. The molecule has 1 fully saturated rings. The number of thioether (sulfide) groups is 1. The number of hydrogen-bond acceptors (Lipinski definition) is 6. The number of benzene rings is 3. The van der Waals surface area contributed by atoms with E-state index in [1.165, 1.54) is 30.3 Å². The van der Waals surface area contributed by atoms with Crippen LogP contribution in [0.15, 0.2) is 76.5 Å². The molecule has 174 valence electrons. The van der Waals surface area contributed by atoms with Crippen LogP contribution in [0.2, 0.25) is 10.0 Å². The molecule has 6 nitrogen and oxygen atoms in total. The molecule has 3 aromatic carbocycles. The second-order valence-electron chi connectivity index (χ2n) is 7.43. The highest BCUT2D eigenvalue weighted by Gasteiger charge is 2.35. The molecule has 0 unspecified atom stereocenters. The molecule has 0 saturated carbocycles. The highest BCUT2D eigenvalue weighted by atomic mass is 35.5. The molecule has 0 spiro atoms. The quantitative estimate of drug-likeness (QED) is 0.273. The van der Waals surface area contributed by atoms with Gasteiger partial charge in [-0.05, 0) is 72.3 Å². The van der Waals surface area contributed by atoms with E-state index in [-0.39, 0.29) is 22.1 Å². The molecule has 1 heterocycles. The molecule has 10 heteroatoms. The van der Waals surface area contributed by atoms with Crippen LogP contribution in [-0.4, -0.2) is 24.5 Å². The van der Waals surface area contributed by atoms with Crippen molar-refractivity contribution in [3.8, 4) is 5.75 Å². The van der Waals surface area contributed by atoms with Crippen molar-refractivity contribution in [2.24, 2.45) is 0 Å². The van der Waals surface area contributed by atoms with E-state index in [1.54, 1.807) is 42.5 Å². The molecule has 0 N–H and O–H groups in total. The number of carbonyl (C=O) groups is 2. The smallest absolute Gasteiger partial charge is 0.339 e. The lowest BCUT2D eigenvalue weighted by Crippen LogP contribution is -2.27. The second kappa shape index (κ2) is 9.84. The number of nitrogens with zero attached hydrogens (tertiary/aromatic N) is 1. The molecule has 34 heavy (non-hydrogen) atoms. The van der Waals surface area contributed by atoms with E-state index in [0.29, 0.717) is 21.2 Å². The van der Waals surface area contributed by atoms with Gasteiger partial charge in [-0.15, -0.1) is 0 Å². The van der Waals surface area contributed by atoms with E-state index in [0.717, 1.165) is 22.2 Å². The van der Waals surface area contributed by atoms with E-state index < -0.39 is 21.3 Å². The van der Waals surface area contributed by atoms with Crippen LogP contribution in [0, 0.1) is 6.92 Å². The number of halogens is 2. The second-order valence-corrected chi connectivity index (χ2v) is 10.8. The Morgan fingerprint density at radius 2 is 1.74 bits per heavy atom. The van der Waals surface area contributed by atoms with Gasteiger partial charge in [0, 0.05) is 10.0 Å². The largest absolute Gasteiger partial charge is 0.379 e. The molecule has 1 aliphatic rings. The van der Waals surface area contributed by atoms with Gasteiger partial charge in [-0.2, -0.15) is 8.42 Å². The third kappa shape index (κ3) is 5.47. The minimum Gasteiger partial charge on any atom is -0.379 e. The highest BCUT2D eigenvalue weighted by Crippen LogP contribution is 2.35. The van der Waals surface area contributed by atoms with E-state index in [4.69, 9.17) is 27.4 Å². The molecule has 4 rings (SSSR count). The lowest BCUT2D eigenvalue weighted by atomic mass is 10.2. The van der Waals surface area contributed by atoms with Crippen LogP contribution in [0.3, 0.4) is 0 Å². The standard InChI is InChI=1S/C24H17Cl2NO5S2/c1-15-5-9-20(10-6-15)34(30,31)32-19-4-2-3-16(11-19)12-22-23(28)27(24(29)33-22)14-17-7-8-18(25)13-21(17)26/h2-13H,14H2,1H3/b22-12-. The van der Waals surface area contributed by atoms with E-state index in [9.17, 15) is 18.0 Å². The summed E-state index contributed by atoms with van der Waals surface area (Å²) in [6.45, 7) is 1.86. The number of carbonyl (C=O) groups excluding carboxylic acids is 2. The number of rotatable bonds is 6. The van der Waals surface area contributed by atoms with E-state index >= 15 is 0 Å². The minimum absolute atomic E-state index is 0.00987. The fourth-order valence-electron chi connectivity index (χ4n) is 3.14. The third-order valence-corrected chi connectivity index (χ3v) is 7.64. The molecule has 3 aromatic rings. The van der Waals surface area contributed by atoms with Gasteiger partial charge in [-0.1, -0.05) is 59.1 Å². The lowest BCUT2D eigenvalue weighted by molar-refractivity contribution is -0.123. The lowest BCUT2D eigenvalue weighted by Gasteiger charge is -2.13. The molecule has 0 aliphatic carbocycles. The van der Waals surface area contributed by atoms with Gasteiger partial charge in [0.15, 0.2) is 0 Å². The summed E-state index contributed by atoms with van der Waals surface area (Å²) in [6.07, 6.45) is 1.51. The molecule has 1 saturated heterocycles. The molecule has 0 atom stereocenters. The average molecular weight is 534 g/mol. The number of imide groups is 1. The Morgan fingerprint density at radius 1 is 1.00 bits per heavy atom. The van der Waals surface area contributed by atoms with Gasteiger partial charge < -0.3 is 4.18 Å². The molecule has 0 bridgehead atoms. The van der Waals surface area contributed by atoms with Crippen molar-refractivity contribution < 1.29 is 22.2 Å². The van der Waals surface area contributed by atoms with Crippen LogP contribution in [0.25, 0.3) is 6.08 Å². The van der Waals surface area contributed by atoms with Gasteiger partial charge in [0.25, 0.3) is 11.1 Å².